The minimum Gasteiger partial charge on any atom is -0.378 e. The van der Waals surface area contributed by atoms with Gasteiger partial charge in [0.1, 0.15) is 0 Å². The largest absolute Gasteiger partial charge is 0.378 e. The second-order valence-corrected chi connectivity index (χ2v) is 6.51. The van der Waals surface area contributed by atoms with Gasteiger partial charge >= 0.3 is 0 Å². The van der Waals surface area contributed by atoms with E-state index in [1.54, 1.807) is 6.26 Å². The first-order valence-corrected chi connectivity index (χ1v) is 9.00. The molecule has 0 aromatic heterocycles. The standard InChI is InChI=1S/C14H28N4O3S/c1-5-17(10-13-9-12(2)21-11-13)8-6-7-16(3)14(22-4)15-18(19)20/h12-13H,5-11H2,1-4H3. The van der Waals surface area contributed by atoms with Crippen molar-refractivity contribution < 1.29 is 9.77 Å². The van der Waals surface area contributed by atoms with Gasteiger partial charge in [-0.05, 0) is 45.0 Å². The Labute approximate surface area is 137 Å². The predicted molar refractivity (Wildman–Crippen MR) is 90.8 cm³/mol. The summed E-state index contributed by atoms with van der Waals surface area (Å²) in [6.45, 7) is 9.02. The maximum absolute atomic E-state index is 10.5. The van der Waals surface area contributed by atoms with Crippen molar-refractivity contribution in [3.05, 3.63) is 10.1 Å². The van der Waals surface area contributed by atoms with Crippen LogP contribution in [0.5, 0.6) is 0 Å². The number of amidine groups is 1. The number of rotatable bonds is 8. The molecule has 1 rings (SSSR count). The van der Waals surface area contributed by atoms with Gasteiger partial charge in [0.2, 0.25) is 5.17 Å². The zero-order valence-corrected chi connectivity index (χ0v) is 14.8. The molecule has 128 valence electrons. The monoisotopic (exact) mass is 332 g/mol. The highest BCUT2D eigenvalue weighted by atomic mass is 32.2. The van der Waals surface area contributed by atoms with E-state index < -0.39 is 5.03 Å². The van der Waals surface area contributed by atoms with Crippen LogP contribution in [0.15, 0.2) is 5.10 Å². The van der Waals surface area contributed by atoms with Crippen molar-refractivity contribution in [3.8, 4) is 0 Å². The fourth-order valence-electron chi connectivity index (χ4n) is 2.75. The molecule has 2 atom stereocenters. The van der Waals surface area contributed by atoms with E-state index in [0.29, 0.717) is 17.2 Å². The Bertz CT molecular complexity index is 381. The van der Waals surface area contributed by atoms with Crippen molar-refractivity contribution in [1.29, 1.82) is 0 Å². The topological polar surface area (TPSA) is 71.2 Å². The summed E-state index contributed by atoms with van der Waals surface area (Å²) >= 11 is 1.30. The molecule has 0 amide bonds. The maximum Gasteiger partial charge on any atom is 0.237 e. The second kappa shape index (κ2) is 10.0. The first-order valence-electron chi connectivity index (χ1n) is 7.78. The number of ether oxygens (including phenoxy) is 1. The van der Waals surface area contributed by atoms with Gasteiger partial charge in [0.15, 0.2) is 5.03 Å². The summed E-state index contributed by atoms with van der Waals surface area (Å²) in [4.78, 5) is 14.8. The lowest BCUT2D eigenvalue weighted by atomic mass is 10.1. The summed E-state index contributed by atoms with van der Waals surface area (Å²) in [6, 6.07) is 0. The molecule has 1 heterocycles. The SMILES string of the molecule is CCN(CCCN(C)C(=N[N+](=O)[O-])SC)CC1COC(C)C1. The van der Waals surface area contributed by atoms with Crippen LogP contribution in [0.3, 0.4) is 0 Å². The molecule has 1 fully saturated rings. The third kappa shape index (κ3) is 6.93. The van der Waals surface area contributed by atoms with E-state index in [2.05, 4.69) is 23.8 Å². The molecule has 1 saturated heterocycles. The highest BCUT2D eigenvalue weighted by molar-refractivity contribution is 8.13. The number of hydrazone groups is 1. The van der Waals surface area contributed by atoms with Crippen LogP contribution in [0.2, 0.25) is 0 Å². The molecular weight excluding hydrogens is 304 g/mol. The third-order valence-corrected chi connectivity index (χ3v) is 4.65. The molecule has 7 nitrogen and oxygen atoms in total. The van der Waals surface area contributed by atoms with E-state index in [1.807, 2.05) is 11.9 Å². The lowest BCUT2D eigenvalue weighted by Crippen LogP contribution is -2.33. The Morgan fingerprint density at radius 2 is 2.23 bits per heavy atom. The third-order valence-electron chi connectivity index (χ3n) is 3.89. The van der Waals surface area contributed by atoms with E-state index in [4.69, 9.17) is 4.74 Å². The minimum atomic E-state index is -0.637. The first-order chi connectivity index (χ1) is 10.5. The van der Waals surface area contributed by atoms with Crippen LogP contribution in [0.25, 0.3) is 0 Å². The van der Waals surface area contributed by atoms with Gasteiger partial charge in [0, 0.05) is 20.1 Å². The number of hydrogen-bond donors (Lipinski definition) is 0. The Kier molecular flexibility index (Phi) is 8.74. The van der Waals surface area contributed by atoms with Crippen molar-refractivity contribution in [1.82, 2.24) is 9.80 Å². The van der Waals surface area contributed by atoms with Crippen LogP contribution >= 0.6 is 11.8 Å². The molecular formula is C14H28N4O3S. The summed E-state index contributed by atoms with van der Waals surface area (Å²) in [5, 5.41) is 13.7. The van der Waals surface area contributed by atoms with Gasteiger partial charge in [0.05, 0.1) is 17.8 Å². The summed E-state index contributed by atoms with van der Waals surface area (Å²) in [7, 11) is 1.85. The van der Waals surface area contributed by atoms with E-state index in [0.717, 1.165) is 45.6 Å². The summed E-state index contributed by atoms with van der Waals surface area (Å²) in [6.07, 6.45) is 4.29. The number of hydrogen-bond acceptors (Lipinski definition) is 5. The van der Waals surface area contributed by atoms with E-state index in [1.165, 1.54) is 11.8 Å². The lowest BCUT2D eigenvalue weighted by Gasteiger charge is -2.25. The normalized spacial score (nSPS) is 22.3. The van der Waals surface area contributed by atoms with Gasteiger partial charge in [-0.3, -0.25) is 0 Å². The number of nitro groups is 1. The van der Waals surface area contributed by atoms with Gasteiger partial charge in [-0.15, -0.1) is 0 Å². The zero-order chi connectivity index (χ0) is 16.5. The lowest BCUT2D eigenvalue weighted by molar-refractivity contribution is -0.485. The molecule has 0 N–H and O–H groups in total. The van der Waals surface area contributed by atoms with E-state index in [-0.39, 0.29) is 0 Å². The molecule has 0 radical (unpaired) electrons. The van der Waals surface area contributed by atoms with Crippen molar-refractivity contribution >= 4 is 16.9 Å². The van der Waals surface area contributed by atoms with Gasteiger partial charge in [-0.1, -0.05) is 18.7 Å². The van der Waals surface area contributed by atoms with Gasteiger partial charge < -0.3 is 14.5 Å². The molecule has 1 aliphatic heterocycles. The van der Waals surface area contributed by atoms with Gasteiger partial charge in [-0.2, -0.15) is 0 Å². The fraction of sp³-hybridized carbons (Fsp3) is 0.929. The highest BCUT2D eigenvalue weighted by Crippen LogP contribution is 2.20. The molecule has 0 spiro atoms. The van der Waals surface area contributed by atoms with Gasteiger partial charge in [-0.25, -0.2) is 10.1 Å². The molecule has 0 aliphatic carbocycles. The molecule has 1 aliphatic rings. The molecule has 0 bridgehead atoms. The first kappa shape index (κ1) is 19.2. The Balaban J connectivity index is 2.32. The van der Waals surface area contributed by atoms with Crippen LogP contribution in [-0.2, 0) is 4.74 Å². The van der Waals surface area contributed by atoms with E-state index >= 15 is 0 Å². The van der Waals surface area contributed by atoms with Crippen LogP contribution in [-0.4, -0.2) is 72.2 Å². The van der Waals surface area contributed by atoms with Crippen LogP contribution in [0, 0.1) is 16.0 Å². The van der Waals surface area contributed by atoms with Crippen LogP contribution in [0.4, 0.5) is 0 Å². The Hall–Kier alpha value is -0.860. The minimum absolute atomic E-state index is 0.386. The smallest absolute Gasteiger partial charge is 0.237 e. The molecule has 0 aromatic carbocycles. The Morgan fingerprint density at radius 1 is 1.50 bits per heavy atom. The molecule has 22 heavy (non-hydrogen) atoms. The number of nitrogens with zero attached hydrogens (tertiary/aromatic N) is 4. The summed E-state index contributed by atoms with van der Waals surface area (Å²) in [5.74, 6) is 0.630. The number of thioether (sulfide) groups is 1. The predicted octanol–water partition coefficient (Wildman–Crippen LogP) is 1.97. The molecule has 2 unspecified atom stereocenters. The molecule has 0 aromatic rings. The highest BCUT2D eigenvalue weighted by Gasteiger charge is 2.23. The van der Waals surface area contributed by atoms with Crippen LogP contribution in [0.1, 0.15) is 26.7 Å². The van der Waals surface area contributed by atoms with Gasteiger partial charge in [0.25, 0.3) is 0 Å². The average molecular weight is 332 g/mol. The quantitative estimate of drug-likeness (QED) is 0.293. The van der Waals surface area contributed by atoms with Crippen molar-refractivity contribution in [2.24, 2.45) is 11.0 Å². The maximum atomic E-state index is 10.5. The van der Waals surface area contributed by atoms with Crippen molar-refractivity contribution in [3.63, 3.8) is 0 Å². The summed E-state index contributed by atoms with van der Waals surface area (Å²) in [5.41, 5.74) is 0. The second-order valence-electron chi connectivity index (χ2n) is 5.74. The van der Waals surface area contributed by atoms with E-state index in [9.17, 15) is 10.1 Å². The van der Waals surface area contributed by atoms with Crippen molar-refractivity contribution in [2.45, 2.75) is 32.8 Å². The zero-order valence-electron chi connectivity index (χ0n) is 14.0. The van der Waals surface area contributed by atoms with Crippen molar-refractivity contribution in [2.75, 3.05) is 46.1 Å². The fourth-order valence-corrected chi connectivity index (χ4v) is 3.30. The summed E-state index contributed by atoms with van der Waals surface area (Å²) < 4.78 is 5.62. The Morgan fingerprint density at radius 3 is 2.73 bits per heavy atom. The average Bonchev–Trinajstić information content (AvgIpc) is 2.88. The molecule has 0 saturated carbocycles. The van der Waals surface area contributed by atoms with Crippen LogP contribution < -0.4 is 0 Å². The molecule has 8 heteroatoms.